The molecule has 6 heteroatoms. The predicted octanol–water partition coefficient (Wildman–Crippen LogP) is 3.08. The lowest BCUT2D eigenvalue weighted by atomic mass is 9.64. The summed E-state index contributed by atoms with van der Waals surface area (Å²) in [7, 11) is 0. The number of rotatable bonds is 3. The minimum Gasteiger partial charge on any atom is -0.435 e. The van der Waals surface area contributed by atoms with Crippen molar-refractivity contribution in [3.63, 3.8) is 0 Å². The second-order valence-corrected chi connectivity index (χ2v) is 8.80. The Kier molecular flexibility index (Phi) is 5.19. The molecule has 1 saturated carbocycles. The minimum atomic E-state index is -0.911. The molecule has 1 N–H and O–H groups in total. The summed E-state index contributed by atoms with van der Waals surface area (Å²) < 4.78 is 16.4. The fourth-order valence-corrected chi connectivity index (χ4v) is 4.75. The first-order valence-corrected chi connectivity index (χ1v) is 9.51. The van der Waals surface area contributed by atoms with E-state index in [1.54, 1.807) is 0 Å². The van der Waals surface area contributed by atoms with Gasteiger partial charge in [0.1, 0.15) is 0 Å². The molecule has 0 bridgehead atoms. The van der Waals surface area contributed by atoms with Crippen LogP contribution in [-0.4, -0.2) is 35.2 Å². The summed E-state index contributed by atoms with van der Waals surface area (Å²) in [5, 5.41) is 11.4. The number of allylic oxidation sites excluding steroid dienone is 1. The van der Waals surface area contributed by atoms with E-state index in [1.165, 1.54) is 13.8 Å². The van der Waals surface area contributed by atoms with Crippen molar-refractivity contribution < 1.29 is 28.9 Å². The van der Waals surface area contributed by atoms with Crippen molar-refractivity contribution in [2.75, 3.05) is 0 Å². The highest BCUT2D eigenvalue weighted by molar-refractivity contribution is 5.66. The van der Waals surface area contributed by atoms with Gasteiger partial charge in [-0.25, -0.2) is 0 Å². The summed E-state index contributed by atoms with van der Waals surface area (Å²) in [6.45, 7) is 7.13. The first-order chi connectivity index (χ1) is 12.1. The molecule has 0 aromatic heterocycles. The molecular weight excluding hydrogens is 336 g/mol. The molecular formula is C20H30O6. The maximum atomic E-state index is 11.5. The summed E-state index contributed by atoms with van der Waals surface area (Å²) in [5.41, 5.74) is 0.356. The first-order valence-electron chi connectivity index (χ1n) is 9.51. The smallest absolute Gasteiger partial charge is 0.304 e. The van der Waals surface area contributed by atoms with Crippen LogP contribution in [0.1, 0.15) is 66.2 Å². The highest BCUT2D eigenvalue weighted by atomic mass is 16.8. The summed E-state index contributed by atoms with van der Waals surface area (Å²) in [6, 6.07) is 0. The van der Waals surface area contributed by atoms with Crippen molar-refractivity contribution in [2.45, 2.75) is 84.4 Å². The summed E-state index contributed by atoms with van der Waals surface area (Å²) in [5.74, 6) is -1.12. The van der Waals surface area contributed by atoms with Gasteiger partial charge in [-0.15, -0.1) is 0 Å². The van der Waals surface area contributed by atoms with Gasteiger partial charge in [-0.05, 0) is 49.5 Å². The quantitative estimate of drug-likeness (QED) is 0.611. The average molecular weight is 366 g/mol. The molecule has 0 amide bonds. The fraction of sp³-hybridized carbons (Fsp3) is 0.800. The van der Waals surface area contributed by atoms with Crippen LogP contribution in [0.25, 0.3) is 0 Å². The molecule has 1 heterocycles. The zero-order valence-corrected chi connectivity index (χ0v) is 16.1. The Morgan fingerprint density at radius 1 is 1.12 bits per heavy atom. The molecule has 5 atom stereocenters. The van der Waals surface area contributed by atoms with Gasteiger partial charge < -0.3 is 19.3 Å². The molecule has 6 nitrogen and oxygen atoms in total. The summed E-state index contributed by atoms with van der Waals surface area (Å²) in [4.78, 5) is 22.8. The zero-order valence-electron chi connectivity index (χ0n) is 16.1. The maximum Gasteiger partial charge on any atom is 0.304 e. The van der Waals surface area contributed by atoms with Crippen LogP contribution < -0.4 is 0 Å². The van der Waals surface area contributed by atoms with Crippen LogP contribution >= 0.6 is 0 Å². The van der Waals surface area contributed by atoms with E-state index in [1.807, 2.05) is 0 Å². The van der Waals surface area contributed by atoms with Crippen LogP contribution in [0, 0.1) is 17.3 Å². The van der Waals surface area contributed by atoms with Crippen LogP contribution in [0.3, 0.4) is 0 Å². The SMILES string of the molecule is CC(=O)O[C@H]1O[C@@H](OC(C)=O)[C@@H]2CC[C@](O)(C3=CCCC(C)(C)C3)C[C@H]12. The predicted molar refractivity (Wildman–Crippen MR) is 93.7 cm³/mol. The van der Waals surface area contributed by atoms with Crippen LogP contribution in [0.15, 0.2) is 11.6 Å². The second kappa shape index (κ2) is 6.97. The Morgan fingerprint density at radius 3 is 2.31 bits per heavy atom. The Morgan fingerprint density at radius 2 is 1.73 bits per heavy atom. The van der Waals surface area contributed by atoms with E-state index in [2.05, 4.69) is 19.9 Å². The van der Waals surface area contributed by atoms with Crippen molar-refractivity contribution in [3.05, 3.63) is 11.6 Å². The van der Waals surface area contributed by atoms with Crippen LogP contribution in [-0.2, 0) is 23.8 Å². The van der Waals surface area contributed by atoms with E-state index in [0.717, 1.165) is 24.8 Å². The number of fused-ring (bicyclic) bond motifs is 1. The van der Waals surface area contributed by atoms with Crippen molar-refractivity contribution in [3.8, 4) is 0 Å². The molecule has 2 fully saturated rings. The van der Waals surface area contributed by atoms with Gasteiger partial charge in [0.25, 0.3) is 0 Å². The number of ether oxygens (including phenoxy) is 3. The van der Waals surface area contributed by atoms with Gasteiger partial charge in [0.15, 0.2) is 0 Å². The molecule has 1 saturated heterocycles. The highest BCUT2D eigenvalue weighted by Gasteiger charge is 2.55. The van der Waals surface area contributed by atoms with E-state index in [0.29, 0.717) is 19.3 Å². The van der Waals surface area contributed by atoms with E-state index >= 15 is 0 Å². The number of esters is 2. The number of carbonyl (C=O) groups excluding carboxylic acids is 2. The number of aliphatic hydroxyl groups is 1. The molecule has 0 aromatic rings. The molecule has 3 rings (SSSR count). The molecule has 0 radical (unpaired) electrons. The molecule has 0 aromatic carbocycles. The third kappa shape index (κ3) is 3.96. The molecule has 26 heavy (non-hydrogen) atoms. The van der Waals surface area contributed by atoms with E-state index in [-0.39, 0.29) is 17.3 Å². The maximum absolute atomic E-state index is 11.5. The third-order valence-corrected chi connectivity index (χ3v) is 6.02. The molecule has 146 valence electrons. The van der Waals surface area contributed by atoms with Gasteiger partial charge in [-0.2, -0.15) is 0 Å². The van der Waals surface area contributed by atoms with Crippen molar-refractivity contribution in [1.82, 2.24) is 0 Å². The molecule has 0 spiro atoms. The van der Waals surface area contributed by atoms with E-state index in [4.69, 9.17) is 14.2 Å². The van der Waals surface area contributed by atoms with Crippen molar-refractivity contribution in [2.24, 2.45) is 17.3 Å². The van der Waals surface area contributed by atoms with Crippen molar-refractivity contribution >= 4 is 11.9 Å². The number of hydrogen-bond acceptors (Lipinski definition) is 6. The van der Waals surface area contributed by atoms with E-state index in [9.17, 15) is 14.7 Å². The average Bonchev–Trinajstić information content (AvgIpc) is 2.81. The molecule has 2 aliphatic carbocycles. The Labute approximate surface area is 154 Å². The van der Waals surface area contributed by atoms with E-state index < -0.39 is 30.1 Å². The number of hydrogen-bond donors (Lipinski definition) is 1. The summed E-state index contributed by atoms with van der Waals surface area (Å²) in [6.07, 6.45) is 5.34. The zero-order chi connectivity index (χ0) is 19.1. The Hall–Kier alpha value is -1.40. The second-order valence-electron chi connectivity index (χ2n) is 8.80. The topological polar surface area (TPSA) is 82.1 Å². The summed E-state index contributed by atoms with van der Waals surface area (Å²) >= 11 is 0. The van der Waals surface area contributed by atoms with Crippen molar-refractivity contribution in [1.29, 1.82) is 0 Å². The lowest BCUT2D eigenvalue weighted by Crippen LogP contribution is -2.45. The van der Waals surface area contributed by atoms with Crippen LogP contribution in [0.5, 0.6) is 0 Å². The molecule has 3 aliphatic rings. The van der Waals surface area contributed by atoms with Crippen LogP contribution in [0.4, 0.5) is 0 Å². The largest absolute Gasteiger partial charge is 0.435 e. The monoisotopic (exact) mass is 366 g/mol. The lowest BCUT2D eigenvalue weighted by Gasteiger charge is -2.44. The highest BCUT2D eigenvalue weighted by Crippen LogP contribution is 2.51. The Balaban J connectivity index is 1.80. The number of carbonyl (C=O) groups is 2. The normalized spacial score (nSPS) is 38.9. The minimum absolute atomic E-state index is 0.0688. The lowest BCUT2D eigenvalue weighted by molar-refractivity contribution is -0.214. The van der Waals surface area contributed by atoms with Gasteiger partial charge in [-0.1, -0.05) is 19.9 Å². The Bertz CT molecular complexity index is 609. The first kappa shape index (κ1) is 19.4. The standard InChI is InChI=1S/C20H30O6/c1-12(21)24-17-15-7-9-20(23,14-6-5-8-19(3,4)10-14)11-16(15)18(26-17)25-13(2)22/h6,15-18,23H,5,7-11H2,1-4H3/t15-,16+,17-,18+,20-/m1/s1. The molecule has 1 aliphatic heterocycles. The van der Waals surface area contributed by atoms with Gasteiger partial charge in [0, 0.05) is 25.7 Å². The molecule has 0 unspecified atom stereocenters. The third-order valence-electron chi connectivity index (χ3n) is 6.02. The van der Waals surface area contributed by atoms with Gasteiger partial charge in [0.2, 0.25) is 12.6 Å². The van der Waals surface area contributed by atoms with Gasteiger partial charge in [0.05, 0.1) is 5.60 Å². The van der Waals surface area contributed by atoms with Crippen LogP contribution in [0.2, 0.25) is 0 Å². The van der Waals surface area contributed by atoms with Gasteiger partial charge >= 0.3 is 11.9 Å². The van der Waals surface area contributed by atoms with Gasteiger partial charge in [-0.3, -0.25) is 9.59 Å². The fourth-order valence-electron chi connectivity index (χ4n) is 4.75.